The van der Waals surface area contributed by atoms with E-state index in [2.05, 4.69) is 39.8 Å². The second-order valence-electron chi connectivity index (χ2n) is 8.28. The Kier molecular flexibility index (Phi) is 4.39. The van der Waals surface area contributed by atoms with Crippen LogP contribution in [0.1, 0.15) is 46.1 Å². The van der Waals surface area contributed by atoms with E-state index in [0.29, 0.717) is 17.4 Å². The lowest BCUT2D eigenvalue weighted by Crippen LogP contribution is -2.31. The van der Waals surface area contributed by atoms with Crippen molar-refractivity contribution < 1.29 is 8.42 Å². The second-order valence-corrected chi connectivity index (χ2v) is 10.2. The lowest BCUT2D eigenvalue weighted by Gasteiger charge is -2.25. The van der Waals surface area contributed by atoms with Gasteiger partial charge in [0.1, 0.15) is 0 Å². The topological polar surface area (TPSA) is 37.4 Å². The van der Waals surface area contributed by atoms with Gasteiger partial charge in [-0.3, -0.25) is 4.31 Å². The molecule has 3 nitrogen and oxygen atoms in total. The molecule has 3 rings (SSSR count). The number of aryl methyl sites for hydroxylation is 1. The largest absolute Gasteiger partial charge is 0.273 e. The van der Waals surface area contributed by atoms with E-state index < -0.39 is 10.0 Å². The highest BCUT2D eigenvalue weighted by Gasteiger charge is 2.70. The Morgan fingerprint density at radius 1 is 1.24 bits per heavy atom. The molecule has 25 heavy (non-hydrogen) atoms. The highest BCUT2D eigenvalue weighted by atomic mass is 32.2. The van der Waals surface area contributed by atoms with Gasteiger partial charge in [-0.15, -0.1) is 0 Å². The fraction of sp³-hybridized carbons (Fsp3) is 0.524. The summed E-state index contributed by atoms with van der Waals surface area (Å²) in [6.45, 7) is 11.4. The van der Waals surface area contributed by atoms with Crippen molar-refractivity contribution in [3.8, 4) is 0 Å². The van der Waals surface area contributed by atoms with E-state index >= 15 is 0 Å². The molecule has 1 aliphatic carbocycles. The maximum Gasteiger partial charge on any atom is 0.263 e. The first-order chi connectivity index (χ1) is 11.6. The van der Waals surface area contributed by atoms with Crippen molar-refractivity contribution in [2.75, 3.05) is 6.54 Å². The van der Waals surface area contributed by atoms with Crippen molar-refractivity contribution in [1.82, 2.24) is 4.31 Å². The SMILES string of the molecule is CC(C)=CCC[C@@]1(C)[C@@H]2CN(S(=O)(=O)c3ccc(C)cc3)C=C[C@@]21C. The van der Waals surface area contributed by atoms with E-state index in [1.54, 1.807) is 18.3 Å². The standard InChI is InChI=1S/C21H29NO2S/c1-16(2)7-6-12-20(4)19-15-22(14-13-21(19,20)5)25(23,24)18-10-8-17(3)9-11-18/h7-11,13-14,19H,6,12,15H2,1-5H3/t19-,20-,21-/m0/s1. The molecule has 4 heteroatoms. The van der Waals surface area contributed by atoms with Crippen LogP contribution in [0.15, 0.2) is 53.1 Å². The number of hydrogen-bond acceptors (Lipinski definition) is 2. The van der Waals surface area contributed by atoms with E-state index in [-0.39, 0.29) is 10.8 Å². The maximum absolute atomic E-state index is 12.9. The second kappa shape index (κ2) is 6.01. The first-order valence-corrected chi connectivity index (χ1v) is 10.5. The molecule has 1 fully saturated rings. The molecule has 0 saturated heterocycles. The summed E-state index contributed by atoms with van der Waals surface area (Å²) >= 11 is 0. The van der Waals surface area contributed by atoms with Crippen LogP contribution in [-0.4, -0.2) is 19.3 Å². The number of rotatable bonds is 5. The van der Waals surface area contributed by atoms with Gasteiger partial charge in [0.15, 0.2) is 0 Å². The number of hydrogen-bond donors (Lipinski definition) is 0. The summed E-state index contributed by atoms with van der Waals surface area (Å²) in [4.78, 5) is 0.373. The first kappa shape index (κ1) is 18.2. The number of sulfonamides is 1. The Hall–Kier alpha value is -1.55. The van der Waals surface area contributed by atoms with Crippen LogP contribution in [0.4, 0.5) is 0 Å². The summed E-state index contributed by atoms with van der Waals surface area (Å²) in [5.41, 5.74) is 2.70. The molecular formula is C21H29NO2S. The lowest BCUT2D eigenvalue weighted by atomic mass is 9.91. The van der Waals surface area contributed by atoms with Gasteiger partial charge in [-0.2, -0.15) is 0 Å². The van der Waals surface area contributed by atoms with E-state index in [9.17, 15) is 8.42 Å². The van der Waals surface area contributed by atoms with Crippen LogP contribution in [-0.2, 0) is 10.0 Å². The Morgan fingerprint density at radius 3 is 2.48 bits per heavy atom. The van der Waals surface area contributed by atoms with Gasteiger partial charge < -0.3 is 0 Å². The summed E-state index contributed by atoms with van der Waals surface area (Å²) in [5, 5.41) is 0. The summed E-state index contributed by atoms with van der Waals surface area (Å²) in [7, 11) is -3.46. The van der Waals surface area contributed by atoms with Gasteiger partial charge in [0.25, 0.3) is 10.0 Å². The molecule has 0 N–H and O–H groups in total. The minimum Gasteiger partial charge on any atom is -0.273 e. The molecule has 0 aromatic heterocycles. The molecule has 1 aromatic rings. The van der Waals surface area contributed by atoms with Gasteiger partial charge in [0.2, 0.25) is 0 Å². The monoisotopic (exact) mass is 359 g/mol. The molecule has 1 saturated carbocycles. The third kappa shape index (κ3) is 2.95. The van der Waals surface area contributed by atoms with Gasteiger partial charge in [0.05, 0.1) is 4.90 Å². The molecular weight excluding hydrogens is 330 g/mol. The van der Waals surface area contributed by atoms with E-state index in [0.717, 1.165) is 18.4 Å². The van der Waals surface area contributed by atoms with Crippen molar-refractivity contribution in [3.05, 3.63) is 53.8 Å². The third-order valence-corrected chi connectivity index (χ3v) is 8.19. The van der Waals surface area contributed by atoms with E-state index in [1.165, 1.54) is 9.88 Å². The number of benzene rings is 1. The number of nitrogens with zero attached hydrogens (tertiary/aromatic N) is 1. The van der Waals surface area contributed by atoms with Gasteiger partial charge in [-0.25, -0.2) is 8.42 Å². The zero-order valence-corrected chi connectivity index (χ0v) is 16.7. The average Bonchev–Trinajstić information content (AvgIpc) is 3.02. The van der Waals surface area contributed by atoms with Crippen LogP contribution in [0.5, 0.6) is 0 Å². The van der Waals surface area contributed by atoms with Crippen LogP contribution < -0.4 is 0 Å². The molecule has 1 aromatic carbocycles. The molecule has 0 amide bonds. The molecule has 136 valence electrons. The summed E-state index contributed by atoms with van der Waals surface area (Å²) in [6.07, 6.45) is 8.35. The minimum absolute atomic E-state index is 0.113. The molecule has 3 atom stereocenters. The Morgan fingerprint density at radius 2 is 1.88 bits per heavy atom. The summed E-state index contributed by atoms with van der Waals surface area (Å²) in [5.74, 6) is 0.385. The van der Waals surface area contributed by atoms with Crippen molar-refractivity contribution in [1.29, 1.82) is 0 Å². The van der Waals surface area contributed by atoms with Crippen molar-refractivity contribution in [2.24, 2.45) is 16.7 Å². The first-order valence-electron chi connectivity index (χ1n) is 9.02. The van der Waals surface area contributed by atoms with Crippen molar-refractivity contribution >= 4 is 10.0 Å². The highest BCUT2D eigenvalue weighted by Crippen LogP contribution is 2.73. The fourth-order valence-corrected chi connectivity index (χ4v) is 5.64. The summed E-state index contributed by atoms with van der Waals surface area (Å²) in [6, 6.07) is 7.11. The smallest absolute Gasteiger partial charge is 0.263 e. The summed E-state index contributed by atoms with van der Waals surface area (Å²) < 4.78 is 27.4. The quantitative estimate of drug-likeness (QED) is 0.701. The van der Waals surface area contributed by atoms with Crippen LogP contribution in [0, 0.1) is 23.7 Å². The predicted molar refractivity (Wildman–Crippen MR) is 103 cm³/mol. The lowest BCUT2D eigenvalue weighted by molar-refractivity contribution is 0.408. The van der Waals surface area contributed by atoms with Crippen LogP contribution >= 0.6 is 0 Å². The van der Waals surface area contributed by atoms with Gasteiger partial charge in [0, 0.05) is 12.7 Å². The Bertz CT molecular complexity index is 818. The van der Waals surface area contributed by atoms with Gasteiger partial charge in [-0.1, -0.05) is 49.3 Å². The van der Waals surface area contributed by atoms with Crippen molar-refractivity contribution in [2.45, 2.75) is 52.4 Å². The molecule has 2 aliphatic rings. The zero-order valence-electron chi connectivity index (χ0n) is 15.9. The highest BCUT2D eigenvalue weighted by molar-refractivity contribution is 7.89. The van der Waals surface area contributed by atoms with Crippen LogP contribution in [0.25, 0.3) is 0 Å². The fourth-order valence-electron chi connectivity index (χ4n) is 4.32. The van der Waals surface area contributed by atoms with Gasteiger partial charge in [-0.05, 0) is 62.5 Å². The predicted octanol–water partition coefficient (Wildman–Crippen LogP) is 4.90. The van der Waals surface area contributed by atoms with Crippen LogP contribution in [0.2, 0.25) is 0 Å². The van der Waals surface area contributed by atoms with E-state index in [1.807, 2.05) is 19.1 Å². The van der Waals surface area contributed by atoms with Gasteiger partial charge >= 0.3 is 0 Å². The van der Waals surface area contributed by atoms with E-state index in [4.69, 9.17) is 0 Å². The molecule has 0 unspecified atom stereocenters. The van der Waals surface area contributed by atoms with Crippen molar-refractivity contribution in [3.63, 3.8) is 0 Å². The zero-order chi connectivity index (χ0) is 18.5. The molecule has 0 spiro atoms. The molecule has 0 bridgehead atoms. The Balaban J connectivity index is 1.78. The Labute approximate surface area is 152 Å². The average molecular weight is 360 g/mol. The number of allylic oxidation sites excluding steroid dienone is 3. The molecule has 1 aliphatic heterocycles. The molecule has 0 radical (unpaired) electrons. The normalized spacial score (nSPS) is 30.8. The third-order valence-electron chi connectivity index (χ3n) is 6.43. The minimum atomic E-state index is -3.46. The number of fused-ring (bicyclic) bond motifs is 1. The van der Waals surface area contributed by atoms with Crippen LogP contribution in [0.3, 0.4) is 0 Å². The molecule has 1 heterocycles. The maximum atomic E-state index is 12.9.